The van der Waals surface area contributed by atoms with Crippen LogP contribution in [0.2, 0.25) is 0 Å². The Labute approximate surface area is 141 Å². The van der Waals surface area contributed by atoms with E-state index in [0.717, 1.165) is 0 Å². The number of rotatable bonds is 1. The van der Waals surface area contributed by atoms with Gasteiger partial charge in [-0.3, -0.25) is 0 Å². The lowest BCUT2D eigenvalue weighted by atomic mass is 9.91. The third-order valence-electron chi connectivity index (χ3n) is 5.00. The van der Waals surface area contributed by atoms with E-state index in [9.17, 15) is 0 Å². The highest BCUT2D eigenvalue weighted by Gasteiger charge is 2.32. The lowest BCUT2D eigenvalue weighted by molar-refractivity contribution is 0.631. The molecule has 116 valence electrons. The van der Waals surface area contributed by atoms with Gasteiger partial charge in [-0.15, -0.1) is 0 Å². The van der Waals surface area contributed by atoms with Gasteiger partial charge in [-0.25, -0.2) is 0 Å². The Morgan fingerprint density at radius 2 is 1.21 bits per heavy atom. The molecule has 2 N–H and O–H groups in total. The maximum absolute atomic E-state index is 3.73. The lowest BCUT2D eigenvalue weighted by Crippen LogP contribution is -2.42. The zero-order valence-corrected chi connectivity index (χ0v) is 13.5. The molecule has 0 unspecified atom stereocenters. The highest BCUT2D eigenvalue weighted by atomic mass is 15.2. The predicted molar refractivity (Wildman–Crippen MR) is 102 cm³/mol. The molecule has 24 heavy (non-hydrogen) atoms. The predicted octanol–water partition coefficient (Wildman–Crippen LogP) is 5.70. The summed E-state index contributed by atoms with van der Waals surface area (Å²) in [5, 5.41) is 12.5. The Hall–Kier alpha value is -3.00. The first-order chi connectivity index (χ1) is 11.7. The van der Waals surface area contributed by atoms with Gasteiger partial charge in [0.2, 0.25) is 0 Å². The van der Waals surface area contributed by atoms with Crippen LogP contribution in [0.5, 0.6) is 0 Å². The van der Waals surface area contributed by atoms with Gasteiger partial charge >= 0.3 is 0 Å². The molecular weight excluding hydrogens is 292 g/mol. The zero-order valence-electron chi connectivity index (χ0n) is 13.5. The van der Waals surface area contributed by atoms with E-state index in [1.165, 1.54) is 38.5 Å². The summed E-state index contributed by atoms with van der Waals surface area (Å²) < 4.78 is 0. The Bertz CT molecular complexity index is 1040. The Balaban J connectivity index is 1.75. The largest absolute Gasteiger partial charge is 0.359 e. The topological polar surface area (TPSA) is 24.1 Å². The Morgan fingerprint density at radius 1 is 0.625 bits per heavy atom. The maximum atomic E-state index is 3.73. The molecule has 0 amide bonds. The minimum Gasteiger partial charge on any atom is -0.359 e. The van der Waals surface area contributed by atoms with Crippen LogP contribution in [0.1, 0.15) is 12.5 Å². The van der Waals surface area contributed by atoms with Crippen LogP contribution in [0.4, 0.5) is 11.4 Å². The molecule has 0 fully saturated rings. The third-order valence-corrected chi connectivity index (χ3v) is 5.00. The molecule has 0 aromatic heterocycles. The molecule has 1 aliphatic rings. The van der Waals surface area contributed by atoms with Crippen LogP contribution in [-0.4, -0.2) is 0 Å². The summed E-state index contributed by atoms with van der Waals surface area (Å²) in [6.45, 7) is 2.21. The number of hydrogen-bond acceptors (Lipinski definition) is 2. The molecule has 0 saturated carbocycles. The van der Waals surface area contributed by atoms with E-state index in [0.29, 0.717) is 0 Å². The lowest BCUT2D eigenvalue weighted by Gasteiger charge is -2.39. The van der Waals surface area contributed by atoms with E-state index in [1.807, 2.05) is 0 Å². The molecule has 0 aliphatic carbocycles. The molecule has 0 bridgehead atoms. The molecule has 2 heteroatoms. The second-order valence-electron chi connectivity index (χ2n) is 6.61. The summed E-state index contributed by atoms with van der Waals surface area (Å²) in [5.41, 5.74) is 3.26. The van der Waals surface area contributed by atoms with Gasteiger partial charge in [0.1, 0.15) is 5.66 Å². The van der Waals surface area contributed by atoms with Crippen molar-refractivity contribution in [3.8, 4) is 0 Å². The van der Waals surface area contributed by atoms with Crippen molar-refractivity contribution >= 4 is 32.9 Å². The zero-order chi connectivity index (χ0) is 16.1. The average molecular weight is 310 g/mol. The first-order valence-corrected chi connectivity index (χ1v) is 8.31. The minimum absolute atomic E-state index is 0.358. The van der Waals surface area contributed by atoms with Crippen molar-refractivity contribution in [2.75, 3.05) is 10.6 Å². The summed E-state index contributed by atoms with van der Waals surface area (Å²) in [6.07, 6.45) is 0. The van der Waals surface area contributed by atoms with Crippen molar-refractivity contribution in [3.63, 3.8) is 0 Å². The SMILES string of the molecule is CC1(c2cccc3ccccc23)Nc2cccc3cccc(c23)N1. The van der Waals surface area contributed by atoms with Crippen molar-refractivity contribution in [2.24, 2.45) is 0 Å². The van der Waals surface area contributed by atoms with Crippen molar-refractivity contribution in [2.45, 2.75) is 12.6 Å². The fourth-order valence-electron chi connectivity index (χ4n) is 3.92. The first-order valence-electron chi connectivity index (χ1n) is 8.31. The normalized spacial score (nSPS) is 15.0. The molecule has 4 aromatic carbocycles. The smallest absolute Gasteiger partial charge is 0.132 e. The van der Waals surface area contributed by atoms with E-state index in [-0.39, 0.29) is 5.66 Å². The standard InChI is InChI=1S/C22H18N2/c1-22(18-12-4-8-15-7-2-3-11-17(15)18)23-19-13-5-9-16-10-6-14-20(24-22)21(16)19/h2-14,23-24H,1H3. The van der Waals surface area contributed by atoms with E-state index >= 15 is 0 Å². The summed E-state index contributed by atoms with van der Waals surface area (Å²) in [5.74, 6) is 0. The monoisotopic (exact) mass is 310 g/mol. The molecular formula is C22H18N2. The van der Waals surface area contributed by atoms with E-state index in [1.54, 1.807) is 0 Å². The van der Waals surface area contributed by atoms with E-state index in [2.05, 4.69) is 96.4 Å². The van der Waals surface area contributed by atoms with Crippen molar-refractivity contribution in [3.05, 3.63) is 84.4 Å². The fourth-order valence-corrected chi connectivity index (χ4v) is 3.92. The summed E-state index contributed by atoms with van der Waals surface area (Å²) in [6, 6.07) is 27.9. The molecule has 0 spiro atoms. The summed E-state index contributed by atoms with van der Waals surface area (Å²) in [7, 11) is 0. The number of fused-ring (bicyclic) bond motifs is 1. The van der Waals surface area contributed by atoms with Gasteiger partial charge in [0.15, 0.2) is 0 Å². The summed E-state index contributed by atoms with van der Waals surface area (Å²) >= 11 is 0. The molecule has 0 atom stereocenters. The molecule has 5 rings (SSSR count). The van der Waals surface area contributed by atoms with Crippen molar-refractivity contribution in [1.82, 2.24) is 0 Å². The van der Waals surface area contributed by atoms with E-state index < -0.39 is 0 Å². The number of nitrogens with one attached hydrogen (secondary N) is 2. The van der Waals surface area contributed by atoms with Crippen molar-refractivity contribution < 1.29 is 0 Å². The second kappa shape index (κ2) is 4.75. The van der Waals surface area contributed by atoms with Gasteiger partial charge in [0, 0.05) is 22.3 Å². The number of benzene rings is 4. The van der Waals surface area contributed by atoms with Gasteiger partial charge in [0.25, 0.3) is 0 Å². The highest BCUT2D eigenvalue weighted by molar-refractivity contribution is 6.05. The van der Waals surface area contributed by atoms with Crippen LogP contribution in [0.15, 0.2) is 78.9 Å². The molecule has 0 radical (unpaired) electrons. The van der Waals surface area contributed by atoms with Crippen LogP contribution in [0.3, 0.4) is 0 Å². The van der Waals surface area contributed by atoms with Gasteiger partial charge in [-0.1, -0.05) is 66.7 Å². The van der Waals surface area contributed by atoms with Gasteiger partial charge in [0.05, 0.1) is 0 Å². The maximum Gasteiger partial charge on any atom is 0.132 e. The van der Waals surface area contributed by atoms with Crippen LogP contribution in [-0.2, 0) is 5.66 Å². The Kier molecular flexibility index (Phi) is 2.66. The van der Waals surface area contributed by atoms with E-state index in [4.69, 9.17) is 0 Å². The molecule has 2 nitrogen and oxygen atoms in total. The average Bonchev–Trinajstić information content (AvgIpc) is 2.61. The van der Waals surface area contributed by atoms with Gasteiger partial charge < -0.3 is 10.6 Å². The van der Waals surface area contributed by atoms with Crippen LogP contribution in [0.25, 0.3) is 21.5 Å². The molecule has 0 saturated heterocycles. The molecule has 4 aromatic rings. The highest BCUT2D eigenvalue weighted by Crippen LogP contribution is 2.42. The third kappa shape index (κ3) is 1.83. The van der Waals surface area contributed by atoms with Crippen molar-refractivity contribution in [1.29, 1.82) is 0 Å². The minimum atomic E-state index is -0.358. The van der Waals surface area contributed by atoms with Crippen LogP contribution < -0.4 is 10.6 Å². The number of anilines is 2. The van der Waals surface area contributed by atoms with Crippen LogP contribution in [0, 0.1) is 0 Å². The summed E-state index contributed by atoms with van der Waals surface area (Å²) in [4.78, 5) is 0. The molecule has 1 aliphatic heterocycles. The first kappa shape index (κ1) is 13.4. The molecule has 1 heterocycles. The quantitative estimate of drug-likeness (QED) is 0.471. The van der Waals surface area contributed by atoms with Gasteiger partial charge in [-0.2, -0.15) is 0 Å². The Morgan fingerprint density at radius 3 is 1.96 bits per heavy atom. The fraction of sp³-hybridized carbons (Fsp3) is 0.0909. The van der Waals surface area contributed by atoms with Crippen LogP contribution >= 0.6 is 0 Å². The van der Waals surface area contributed by atoms with Gasteiger partial charge in [-0.05, 0) is 35.2 Å². The second-order valence-corrected chi connectivity index (χ2v) is 6.61. The number of hydrogen-bond donors (Lipinski definition) is 2.